The van der Waals surface area contributed by atoms with Gasteiger partial charge in [0.05, 0.1) is 0 Å². The number of rotatable bonds is 3. The first kappa shape index (κ1) is 24.0. The predicted molar refractivity (Wildman–Crippen MR) is 183 cm³/mol. The summed E-state index contributed by atoms with van der Waals surface area (Å²) in [5, 5.41) is 9.79. The van der Waals surface area contributed by atoms with E-state index in [2.05, 4.69) is 158 Å². The second kappa shape index (κ2) is 9.44. The Bertz CT molecular complexity index is 2440. The molecule has 0 unspecified atom stereocenters. The highest BCUT2D eigenvalue weighted by Crippen LogP contribution is 2.44. The molecule has 200 valence electrons. The van der Waals surface area contributed by atoms with Crippen LogP contribution in [0.15, 0.2) is 162 Å². The van der Waals surface area contributed by atoms with E-state index in [-0.39, 0.29) is 0 Å². The largest absolute Gasteiger partial charge is 0.456 e. The van der Waals surface area contributed by atoms with Gasteiger partial charge >= 0.3 is 0 Å². The Kier molecular flexibility index (Phi) is 5.27. The van der Waals surface area contributed by atoms with Gasteiger partial charge < -0.3 is 4.42 Å². The van der Waals surface area contributed by atoms with Gasteiger partial charge in [-0.2, -0.15) is 0 Å². The fraction of sp³-hybridized carbons (Fsp3) is 0. The van der Waals surface area contributed by atoms with E-state index in [4.69, 9.17) is 4.42 Å². The molecule has 9 aromatic rings. The van der Waals surface area contributed by atoms with Crippen molar-refractivity contribution in [2.75, 3.05) is 0 Å². The van der Waals surface area contributed by atoms with Crippen LogP contribution in [0.3, 0.4) is 0 Å². The van der Waals surface area contributed by atoms with Gasteiger partial charge in [0.1, 0.15) is 11.2 Å². The first-order chi connectivity index (χ1) is 21.3. The fourth-order valence-electron chi connectivity index (χ4n) is 6.85. The Morgan fingerprint density at radius 3 is 1.49 bits per heavy atom. The first-order valence-corrected chi connectivity index (χ1v) is 14.8. The average molecular weight is 547 g/mol. The zero-order chi connectivity index (χ0) is 28.3. The fourth-order valence-corrected chi connectivity index (χ4v) is 6.85. The van der Waals surface area contributed by atoms with Gasteiger partial charge in [0, 0.05) is 10.8 Å². The van der Waals surface area contributed by atoms with Crippen molar-refractivity contribution in [3.05, 3.63) is 158 Å². The highest BCUT2D eigenvalue weighted by Gasteiger charge is 2.17. The topological polar surface area (TPSA) is 13.1 Å². The summed E-state index contributed by atoms with van der Waals surface area (Å²) in [7, 11) is 0. The Morgan fingerprint density at radius 1 is 0.279 bits per heavy atom. The van der Waals surface area contributed by atoms with Crippen LogP contribution in [0.25, 0.3) is 87.6 Å². The van der Waals surface area contributed by atoms with Gasteiger partial charge in [-0.3, -0.25) is 0 Å². The lowest BCUT2D eigenvalue weighted by Gasteiger charge is -2.18. The minimum absolute atomic E-state index is 0.915. The Labute approximate surface area is 249 Å². The lowest BCUT2D eigenvalue weighted by molar-refractivity contribution is 0.669. The summed E-state index contributed by atoms with van der Waals surface area (Å²) in [6, 6.07) is 56.9. The zero-order valence-electron chi connectivity index (χ0n) is 23.4. The SMILES string of the molecule is c1ccc(-c2c3ccccc3c(-c3cccc(-c4ccc5oc6cc7ccccc7cc6c5c4)c3)c3ccccc23)cc1. The Balaban J connectivity index is 1.26. The van der Waals surface area contributed by atoms with Crippen LogP contribution in [0.4, 0.5) is 0 Å². The van der Waals surface area contributed by atoms with Crippen LogP contribution >= 0.6 is 0 Å². The molecule has 0 N–H and O–H groups in total. The van der Waals surface area contributed by atoms with Gasteiger partial charge in [0.15, 0.2) is 0 Å². The molecule has 1 nitrogen and oxygen atoms in total. The van der Waals surface area contributed by atoms with Crippen LogP contribution in [0, 0.1) is 0 Å². The molecule has 8 aromatic carbocycles. The summed E-state index contributed by atoms with van der Waals surface area (Å²) in [4.78, 5) is 0. The third-order valence-electron chi connectivity index (χ3n) is 8.82. The molecular weight excluding hydrogens is 520 g/mol. The second-order valence-corrected chi connectivity index (χ2v) is 11.3. The lowest BCUT2D eigenvalue weighted by atomic mass is 9.85. The number of benzene rings is 8. The highest BCUT2D eigenvalue weighted by atomic mass is 16.3. The van der Waals surface area contributed by atoms with Gasteiger partial charge in [-0.15, -0.1) is 0 Å². The van der Waals surface area contributed by atoms with Gasteiger partial charge in [-0.1, -0.05) is 127 Å². The summed E-state index contributed by atoms with van der Waals surface area (Å²) < 4.78 is 6.29. The number of furan rings is 1. The monoisotopic (exact) mass is 546 g/mol. The van der Waals surface area contributed by atoms with Gasteiger partial charge in [0.25, 0.3) is 0 Å². The molecule has 1 heterocycles. The molecule has 1 heteroatoms. The molecule has 0 radical (unpaired) electrons. The number of hydrogen-bond donors (Lipinski definition) is 0. The van der Waals surface area contributed by atoms with Crippen molar-refractivity contribution in [1.29, 1.82) is 0 Å². The van der Waals surface area contributed by atoms with Crippen LogP contribution in [0.2, 0.25) is 0 Å². The Morgan fingerprint density at radius 2 is 0.791 bits per heavy atom. The van der Waals surface area contributed by atoms with E-state index >= 15 is 0 Å². The van der Waals surface area contributed by atoms with Crippen molar-refractivity contribution in [2.24, 2.45) is 0 Å². The van der Waals surface area contributed by atoms with Crippen LogP contribution in [-0.4, -0.2) is 0 Å². The molecule has 0 atom stereocenters. The standard InChI is InChI=1S/C42H26O/c1-2-11-27(12-3-1)41-33-17-6-8-19-35(33)42(36-20-9-7-18-34(36)41)32-16-10-15-28(23-32)31-21-22-39-37(25-31)38-24-29-13-4-5-14-30(29)26-40(38)43-39/h1-26H. The van der Waals surface area contributed by atoms with Crippen LogP contribution in [0.5, 0.6) is 0 Å². The van der Waals surface area contributed by atoms with Crippen molar-refractivity contribution in [3.8, 4) is 33.4 Å². The van der Waals surface area contributed by atoms with E-state index in [0.29, 0.717) is 0 Å². The van der Waals surface area contributed by atoms with Gasteiger partial charge in [-0.25, -0.2) is 0 Å². The maximum atomic E-state index is 6.29. The van der Waals surface area contributed by atoms with Crippen LogP contribution in [-0.2, 0) is 0 Å². The van der Waals surface area contributed by atoms with Crippen LogP contribution in [0.1, 0.15) is 0 Å². The average Bonchev–Trinajstić information content (AvgIpc) is 3.43. The predicted octanol–water partition coefficient (Wildman–Crippen LogP) is 12.0. The molecule has 0 saturated carbocycles. The Hall–Kier alpha value is -5.66. The van der Waals surface area contributed by atoms with E-state index in [9.17, 15) is 0 Å². The minimum Gasteiger partial charge on any atom is -0.456 e. The quantitative estimate of drug-likeness (QED) is 0.201. The molecule has 9 rings (SSSR count). The minimum atomic E-state index is 0.915. The molecule has 0 bridgehead atoms. The number of hydrogen-bond acceptors (Lipinski definition) is 1. The molecule has 0 aliphatic heterocycles. The molecule has 1 aromatic heterocycles. The zero-order valence-corrected chi connectivity index (χ0v) is 23.4. The highest BCUT2D eigenvalue weighted by molar-refractivity contribution is 6.21. The van der Waals surface area contributed by atoms with E-state index in [1.54, 1.807) is 0 Å². The maximum absolute atomic E-state index is 6.29. The molecule has 0 aliphatic carbocycles. The van der Waals surface area contributed by atoms with E-state index in [1.165, 1.54) is 65.7 Å². The van der Waals surface area contributed by atoms with Gasteiger partial charge in [0.2, 0.25) is 0 Å². The van der Waals surface area contributed by atoms with Crippen molar-refractivity contribution in [2.45, 2.75) is 0 Å². The second-order valence-electron chi connectivity index (χ2n) is 11.3. The third-order valence-corrected chi connectivity index (χ3v) is 8.82. The first-order valence-electron chi connectivity index (χ1n) is 14.8. The van der Waals surface area contributed by atoms with E-state index in [1.807, 2.05) is 0 Å². The third kappa shape index (κ3) is 3.79. The number of fused-ring (bicyclic) bond motifs is 6. The summed E-state index contributed by atoms with van der Waals surface area (Å²) in [5.41, 5.74) is 9.23. The van der Waals surface area contributed by atoms with Crippen molar-refractivity contribution in [3.63, 3.8) is 0 Å². The van der Waals surface area contributed by atoms with E-state index < -0.39 is 0 Å². The molecule has 0 amide bonds. The molecule has 0 saturated heterocycles. The van der Waals surface area contributed by atoms with Crippen molar-refractivity contribution < 1.29 is 4.42 Å². The molecule has 43 heavy (non-hydrogen) atoms. The van der Waals surface area contributed by atoms with E-state index in [0.717, 1.165) is 21.9 Å². The van der Waals surface area contributed by atoms with Gasteiger partial charge in [-0.05, 0) is 96.0 Å². The van der Waals surface area contributed by atoms with Crippen molar-refractivity contribution >= 4 is 54.3 Å². The summed E-state index contributed by atoms with van der Waals surface area (Å²) >= 11 is 0. The smallest absolute Gasteiger partial charge is 0.136 e. The molecule has 0 fully saturated rings. The molecule has 0 spiro atoms. The molecule has 0 aliphatic rings. The normalized spacial score (nSPS) is 11.7. The summed E-state index contributed by atoms with van der Waals surface area (Å²) in [6.07, 6.45) is 0. The maximum Gasteiger partial charge on any atom is 0.136 e. The summed E-state index contributed by atoms with van der Waals surface area (Å²) in [6.45, 7) is 0. The molecular formula is C42H26O. The lowest BCUT2D eigenvalue weighted by Crippen LogP contribution is -1.91. The van der Waals surface area contributed by atoms with Crippen LogP contribution < -0.4 is 0 Å². The van der Waals surface area contributed by atoms with Crippen molar-refractivity contribution in [1.82, 2.24) is 0 Å². The summed E-state index contributed by atoms with van der Waals surface area (Å²) in [5.74, 6) is 0.